The standard InChI is InChI=1S/C33H42N4O4/c1-24-10-12-27(13-11-24)34-30(38)23-37-18-14-28-26(22-37)9-5-6-15-33(16-19-41-20-17-33)32(40)36-29(31(39)35-28)21-25-7-3-2-4-8-25/h2-8,10-13,26,28-29H,9,14-23H2,1H3,(H,34,38)(H,35,39)(H,36,40)/b6-5+/t26-,28+,29+/m0/s1. The number of amides is 3. The molecule has 0 aromatic heterocycles. The maximum Gasteiger partial charge on any atom is 0.243 e. The number of fused-ring (bicyclic) bond motifs is 1. The van der Waals surface area contributed by atoms with Crippen molar-refractivity contribution in [3.05, 3.63) is 77.9 Å². The molecule has 3 aliphatic rings. The minimum Gasteiger partial charge on any atom is -0.381 e. The highest BCUT2D eigenvalue weighted by Crippen LogP contribution is 2.36. The number of ether oxygens (including phenoxy) is 1. The number of piperidine rings is 1. The summed E-state index contributed by atoms with van der Waals surface area (Å²) >= 11 is 0. The Morgan fingerprint density at radius 3 is 2.54 bits per heavy atom. The summed E-state index contributed by atoms with van der Waals surface area (Å²) in [7, 11) is 0. The van der Waals surface area contributed by atoms with Crippen molar-refractivity contribution in [1.82, 2.24) is 15.5 Å². The van der Waals surface area contributed by atoms with E-state index in [2.05, 4.69) is 33.0 Å². The number of nitrogens with one attached hydrogen (secondary N) is 3. The third-order valence-electron chi connectivity index (χ3n) is 8.80. The lowest BCUT2D eigenvalue weighted by Gasteiger charge is -2.40. The number of rotatable bonds is 5. The number of likely N-dealkylation sites (tertiary alicyclic amines) is 1. The van der Waals surface area contributed by atoms with Gasteiger partial charge in [-0.15, -0.1) is 0 Å². The van der Waals surface area contributed by atoms with Gasteiger partial charge in [0.05, 0.1) is 12.0 Å². The van der Waals surface area contributed by atoms with Crippen molar-refractivity contribution >= 4 is 23.4 Å². The second-order valence-electron chi connectivity index (χ2n) is 11.8. The summed E-state index contributed by atoms with van der Waals surface area (Å²) in [5.41, 5.74) is 2.38. The van der Waals surface area contributed by atoms with Crippen LogP contribution in [-0.4, -0.2) is 67.6 Å². The molecule has 3 amide bonds. The Balaban J connectivity index is 1.31. The number of aryl methyl sites for hydroxylation is 1. The van der Waals surface area contributed by atoms with Crippen molar-refractivity contribution < 1.29 is 19.1 Å². The van der Waals surface area contributed by atoms with Gasteiger partial charge in [-0.3, -0.25) is 19.3 Å². The van der Waals surface area contributed by atoms with Crippen molar-refractivity contribution in [3.8, 4) is 0 Å². The quantitative estimate of drug-likeness (QED) is 0.487. The Kier molecular flexibility index (Phi) is 9.52. The molecule has 8 heteroatoms. The zero-order valence-electron chi connectivity index (χ0n) is 23.9. The molecule has 0 saturated carbocycles. The summed E-state index contributed by atoms with van der Waals surface area (Å²) < 4.78 is 5.60. The molecular weight excluding hydrogens is 516 g/mol. The monoisotopic (exact) mass is 558 g/mol. The van der Waals surface area contributed by atoms with Gasteiger partial charge in [-0.25, -0.2) is 0 Å². The summed E-state index contributed by atoms with van der Waals surface area (Å²) in [4.78, 5) is 42.4. The molecule has 3 atom stereocenters. The van der Waals surface area contributed by atoms with Gasteiger partial charge in [0.25, 0.3) is 0 Å². The Bertz CT molecular complexity index is 1220. The average molecular weight is 559 g/mol. The highest BCUT2D eigenvalue weighted by molar-refractivity contribution is 5.92. The average Bonchev–Trinajstić information content (AvgIpc) is 2.98. The van der Waals surface area contributed by atoms with E-state index in [1.54, 1.807) is 0 Å². The van der Waals surface area contributed by atoms with Crippen molar-refractivity contribution in [2.75, 3.05) is 38.2 Å². The molecular formula is C33H42N4O4. The van der Waals surface area contributed by atoms with Gasteiger partial charge >= 0.3 is 0 Å². The summed E-state index contributed by atoms with van der Waals surface area (Å²) in [5.74, 6) is -0.0796. The van der Waals surface area contributed by atoms with Gasteiger partial charge in [-0.2, -0.15) is 0 Å². The number of carbonyl (C=O) groups excluding carboxylic acids is 3. The molecule has 0 unspecified atom stereocenters. The minimum absolute atomic E-state index is 0.0322. The molecule has 3 N–H and O–H groups in total. The van der Waals surface area contributed by atoms with Gasteiger partial charge in [0.1, 0.15) is 6.04 Å². The molecule has 0 aliphatic carbocycles. The van der Waals surface area contributed by atoms with Gasteiger partial charge in [-0.05, 0) is 62.6 Å². The molecule has 3 aliphatic heterocycles. The van der Waals surface area contributed by atoms with Crippen LogP contribution < -0.4 is 16.0 Å². The van der Waals surface area contributed by atoms with Gasteiger partial charge in [0.2, 0.25) is 17.7 Å². The van der Waals surface area contributed by atoms with Crippen LogP contribution in [0.2, 0.25) is 0 Å². The first-order chi connectivity index (χ1) is 19.9. The topological polar surface area (TPSA) is 99.8 Å². The van der Waals surface area contributed by atoms with E-state index < -0.39 is 11.5 Å². The van der Waals surface area contributed by atoms with E-state index in [1.165, 1.54) is 0 Å². The van der Waals surface area contributed by atoms with Crippen LogP contribution in [0.1, 0.15) is 43.2 Å². The zero-order valence-corrected chi connectivity index (χ0v) is 23.9. The van der Waals surface area contributed by atoms with Crippen LogP contribution in [-0.2, 0) is 25.5 Å². The van der Waals surface area contributed by atoms with Crippen LogP contribution in [0.3, 0.4) is 0 Å². The lowest BCUT2D eigenvalue weighted by atomic mass is 9.75. The Hall–Kier alpha value is -3.49. The third-order valence-corrected chi connectivity index (χ3v) is 8.80. The molecule has 1 spiro atoms. The number of hydrogen-bond donors (Lipinski definition) is 3. The number of carbonyl (C=O) groups is 3. The molecule has 41 heavy (non-hydrogen) atoms. The summed E-state index contributed by atoms with van der Waals surface area (Å²) in [6, 6.07) is 17.0. The summed E-state index contributed by atoms with van der Waals surface area (Å²) in [6.07, 6.45) is 8.16. The van der Waals surface area contributed by atoms with Gasteiger partial charge in [0.15, 0.2) is 0 Å². The van der Waals surface area contributed by atoms with Crippen LogP contribution in [0.5, 0.6) is 0 Å². The first kappa shape index (κ1) is 29.0. The Morgan fingerprint density at radius 2 is 1.78 bits per heavy atom. The maximum atomic E-state index is 13.7. The molecule has 2 aromatic rings. The van der Waals surface area contributed by atoms with E-state index in [4.69, 9.17) is 4.74 Å². The predicted molar refractivity (Wildman–Crippen MR) is 159 cm³/mol. The van der Waals surface area contributed by atoms with Crippen LogP contribution in [0.25, 0.3) is 0 Å². The fraction of sp³-hybridized carbons (Fsp3) is 0.485. The number of benzene rings is 2. The molecule has 2 aromatic carbocycles. The number of anilines is 1. The lowest BCUT2D eigenvalue weighted by molar-refractivity contribution is -0.140. The highest BCUT2D eigenvalue weighted by atomic mass is 16.5. The maximum absolute atomic E-state index is 13.7. The molecule has 2 fully saturated rings. The molecule has 8 nitrogen and oxygen atoms in total. The van der Waals surface area contributed by atoms with Gasteiger partial charge in [-0.1, -0.05) is 60.2 Å². The van der Waals surface area contributed by atoms with Crippen LogP contribution in [0.15, 0.2) is 66.7 Å². The molecule has 0 bridgehead atoms. The van der Waals surface area contributed by atoms with Crippen LogP contribution in [0.4, 0.5) is 5.69 Å². The van der Waals surface area contributed by atoms with Gasteiger partial charge in [0, 0.05) is 44.5 Å². The second-order valence-corrected chi connectivity index (χ2v) is 11.8. The van der Waals surface area contributed by atoms with E-state index in [0.29, 0.717) is 58.5 Å². The predicted octanol–water partition coefficient (Wildman–Crippen LogP) is 3.61. The molecule has 5 rings (SSSR count). The number of nitrogens with zero attached hydrogens (tertiary/aromatic N) is 1. The van der Waals surface area contributed by atoms with Crippen LogP contribution in [0, 0.1) is 18.3 Å². The van der Waals surface area contributed by atoms with E-state index >= 15 is 0 Å². The Morgan fingerprint density at radius 1 is 1.02 bits per heavy atom. The fourth-order valence-corrected chi connectivity index (χ4v) is 6.24. The van der Waals surface area contributed by atoms with Crippen molar-refractivity contribution in [1.29, 1.82) is 0 Å². The van der Waals surface area contributed by atoms with Crippen molar-refractivity contribution in [3.63, 3.8) is 0 Å². The third kappa shape index (κ3) is 7.63. The molecule has 218 valence electrons. The fourth-order valence-electron chi connectivity index (χ4n) is 6.24. The number of allylic oxidation sites excluding steroid dienone is 2. The first-order valence-corrected chi connectivity index (χ1v) is 14.9. The van der Waals surface area contributed by atoms with Crippen molar-refractivity contribution in [2.45, 2.75) is 57.5 Å². The number of hydrogen-bond acceptors (Lipinski definition) is 5. The second kappa shape index (κ2) is 13.4. The lowest BCUT2D eigenvalue weighted by Crippen LogP contribution is -2.58. The summed E-state index contributed by atoms with van der Waals surface area (Å²) in [5, 5.41) is 9.45. The zero-order chi connectivity index (χ0) is 28.7. The normalized spacial score (nSPS) is 26.0. The largest absolute Gasteiger partial charge is 0.381 e. The van der Waals surface area contributed by atoms with E-state index in [9.17, 15) is 14.4 Å². The first-order valence-electron chi connectivity index (χ1n) is 14.9. The minimum atomic E-state index is -0.660. The van der Waals surface area contributed by atoms with Crippen molar-refractivity contribution in [2.24, 2.45) is 11.3 Å². The molecule has 2 saturated heterocycles. The highest BCUT2D eigenvalue weighted by Gasteiger charge is 2.41. The summed E-state index contributed by atoms with van der Waals surface area (Å²) in [6.45, 7) is 4.84. The smallest absolute Gasteiger partial charge is 0.243 e. The van der Waals surface area contributed by atoms with E-state index in [0.717, 1.165) is 29.7 Å². The van der Waals surface area contributed by atoms with Gasteiger partial charge < -0.3 is 20.7 Å². The molecule has 3 heterocycles. The van der Waals surface area contributed by atoms with Crippen LogP contribution >= 0.6 is 0 Å². The van der Waals surface area contributed by atoms with E-state index in [-0.39, 0.29) is 29.7 Å². The SMILES string of the molecule is Cc1ccc(NC(=O)CN2CC[C@H]3NC(=O)[C@@H](Cc4ccccc4)NC(=O)C4(C/C=C/C[C@H]3C2)CCOCC4)cc1. The molecule has 0 radical (unpaired) electrons. The Labute approximate surface area is 242 Å². The van der Waals surface area contributed by atoms with E-state index in [1.807, 2.05) is 61.5 Å².